The van der Waals surface area contributed by atoms with Crippen LogP contribution in [0, 0.1) is 11.8 Å². The van der Waals surface area contributed by atoms with Crippen molar-refractivity contribution in [3.05, 3.63) is 28.5 Å². The summed E-state index contributed by atoms with van der Waals surface area (Å²) < 4.78 is 8.60. The van der Waals surface area contributed by atoms with Gasteiger partial charge >= 0.3 is 0 Å². The van der Waals surface area contributed by atoms with Crippen molar-refractivity contribution in [2.75, 3.05) is 37.0 Å². The van der Waals surface area contributed by atoms with E-state index in [2.05, 4.69) is 21.4 Å². The average molecular weight is 544 g/mol. The largest absolute Gasteiger partial charge is 0.374 e. The predicted molar refractivity (Wildman–Crippen MR) is 151 cm³/mol. The molecule has 3 aromatic rings. The second kappa shape index (κ2) is 10.2. The van der Waals surface area contributed by atoms with Crippen LogP contribution in [0.1, 0.15) is 51.9 Å². The van der Waals surface area contributed by atoms with Crippen LogP contribution in [-0.2, 0) is 11.3 Å². The molecule has 2 aliphatic carbocycles. The number of halogens is 2. The van der Waals surface area contributed by atoms with Crippen molar-refractivity contribution in [1.29, 1.82) is 0 Å². The van der Waals surface area contributed by atoms with E-state index in [0.717, 1.165) is 72.5 Å². The topological polar surface area (TPSA) is 59.3 Å². The number of hydrogen-bond donors (Lipinski definition) is 0. The zero-order valence-electron chi connectivity index (χ0n) is 22.0. The van der Waals surface area contributed by atoms with Crippen molar-refractivity contribution in [2.24, 2.45) is 11.8 Å². The Labute approximate surface area is 229 Å². The number of rotatable bonds is 5. The fourth-order valence-corrected chi connectivity index (χ4v) is 6.95. The Balaban J connectivity index is 1.55. The first kappa shape index (κ1) is 25.2. The van der Waals surface area contributed by atoms with Crippen molar-refractivity contribution >= 4 is 46.0 Å². The molecule has 6 rings (SSSR count). The molecule has 3 fully saturated rings. The van der Waals surface area contributed by atoms with Gasteiger partial charge in [-0.2, -0.15) is 0 Å². The van der Waals surface area contributed by atoms with E-state index in [4.69, 9.17) is 37.9 Å². The quantitative estimate of drug-likeness (QED) is 0.345. The summed E-state index contributed by atoms with van der Waals surface area (Å²) in [5, 5.41) is 1.00. The molecule has 2 atom stereocenters. The molecule has 0 amide bonds. The third kappa shape index (κ3) is 4.79. The Hall–Kier alpha value is -2.09. The molecule has 9 heteroatoms. The molecule has 1 aliphatic heterocycles. The Morgan fingerprint density at radius 2 is 1.86 bits per heavy atom. The number of morpholine rings is 1. The van der Waals surface area contributed by atoms with E-state index < -0.39 is 0 Å². The van der Waals surface area contributed by atoms with Gasteiger partial charge in [0.15, 0.2) is 0 Å². The molecule has 2 saturated carbocycles. The first-order valence-electron chi connectivity index (χ1n) is 13.7. The molecule has 37 heavy (non-hydrogen) atoms. The smallest absolute Gasteiger partial charge is 0.207 e. The number of anilines is 2. The van der Waals surface area contributed by atoms with E-state index in [0.29, 0.717) is 22.1 Å². The van der Waals surface area contributed by atoms with Gasteiger partial charge in [-0.05, 0) is 50.0 Å². The van der Waals surface area contributed by atoms with Crippen molar-refractivity contribution in [3.8, 4) is 11.3 Å². The first-order valence-corrected chi connectivity index (χ1v) is 14.4. The van der Waals surface area contributed by atoms with Crippen LogP contribution in [0.2, 0.25) is 10.2 Å². The van der Waals surface area contributed by atoms with E-state index in [1.54, 1.807) is 6.20 Å². The number of pyridine rings is 2. The monoisotopic (exact) mass is 542 g/mol. The highest BCUT2D eigenvalue weighted by molar-refractivity contribution is 6.31. The molecule has 4 heterocycles. The van der Waals surface area contributed by atoms with Gasteiger partial charge in [0, 0.05) is 45.0 Å². The standard InChI is InChI=1S/C28H36Cl2N6O/c1-17-7-9-18(10-8-17)16-36-26-21(32-28(36)35-11-12-37-23-6-4-5-22(23)35)14-24(30)33-25(26)20-13-19(29)15-31-27(20)34(2)3/h13-15,17-18,22-23H,4-12,16H2,1-3H3/t17?,18?,22-,23-/m1/s1. The summed E-state index contributed by atoms with van der Waals surface area (Å²) in [4.78, 5) is 19.3. The third-order valence-electron chi connectivity index (χ3n) is 8.50. The van der Waals surface area contributed by atoms with Crippen LogP contribution in [0.25, 0.3) is 22.3 Å². The first-order chi connectivity index (χ1) is 17.9. The highest BCUT2D eigenvalue weighted by Gasteiger charge is 2.39. The molecular weight excluding hydrogens is 507 g/mol. The maximum absolute atomic E-state index is 6.63. The van der Waals surface area contributed by atoms with Gasteiger partial charge in [0.2, 0.25) is 5.95 Å². The van der Waals surface area contributed by atoms with Gasteiger partial charge in [-0.15, -0.1) is 0 Å². The van der Waals surface area contributed by atoms with E-state index in [1.165, 1.54) is 32.1 Å². The number of aromatic nitrogens is 4. The fourth-order valence-electron chi connectivity index (χ4n) is 6.60. The fraction of sp³-hybridized carbons (Fsp3) is 0.607. The van der Waals surface area contributed by atoms with Gasteiger partial charge in [-0.25, -0.2) is 15.0 Å². The number of ether oxygens (including phenoxy) is 1. The molecule has 0 spiro atoms. The zero-order chi connectivity index (χ0) is 25.7. The minimum absolute atomic E-state index is 0.288. The molecule has 1 saturated heterocycles. The van der Waals surface area contributed by atoms with Gasteiger partial charge in [0.1, 0.15) is 16.7 Å². The number of hydrogen-bond acceptors (Lipinski definition) is 6. The summed E-state index contributed by atoms with van der Waals surface area (Å²) in [5.74, 6) is 3.26. The molecule has 0 unspecified atom stereocenters. The van der Waals surface area contributed by atoms with Crippen molar-refractivity contribution in [1.82, 2.24) is 19.5 Å². The normalized spacial score (nSPS) is 26.0. The van der Waals surface area contributed by atoms with Crippen LogP contribution in [-0.4, -0.2) is 58.9 Å². The van der Waals surface area contributed by atoms with Gasteiger partial charge in [0.25, 0.3) is 0 Å². The van der Waals surface area contributed by atoms with Gasteiger partial charge in [-0.1, -0.05) is 43.0 Å². The van der Waals surface area contributed by atoms with Crippen LogP contribution in [0.15, 0.2) is 18.3 Å². The lowest BCUT2D eigenvalue weighted by Crippen LogP contribution is -2.49. The van der Waals surface area contributed by atoms with Crippen molar-refractivity contribution < 1.29 is 4.74 Å². The van der Waals surface area contributed by atoms with E-state index >= 15 is 0 Å². The number of nitrogens with zero attached hydrogens (tertiary/aromatic N) is 6. The lowest BCUT2D eigenvalue weighted by Gasteiger charge is -2.39. The number of imidazole rings is 1. The van der Waals surface area contributed by atoms with Gasteiger partial charge in [-0.3, -0.25) is 0 Å². The maximum atomic E-state index is 6.63. The molecule has 7 nitrogen and oxygen atoms in total. The van der Waals surface area contributed by atoms with Crippen LogP contribution < -0.4 is 9.80 Å². The summed E-state index contributed by atoms with van der Waals surface area (Å²) in [6.45, 7) is 4.89. The third-order valence-corrected chi connectivity index (χ3v) is 8.90. The molecule has 3 aliphatic rings. The molecule has 0 aromatic carbocycles. The summed E-state index contributed by atoms with van der Waals surface area (Å²) >= 11 is 13.1. The van der Waals surface area contributed by atoms with Gasteiger partial charge < -0.3 is 19.1 Å². The Morgan fingerprint density at radius 3 is 2.65 bits per heavy atom. The van der Waals surface area contributed by atoms with Crippen molar-refractivity contribution in [3.63, 3.8) is 0 Å². The van der Waals surface area contributed by atoms with Crippen LogP contribution in [0.4, 0.5) is 11.8 Å². The lowest BCUT2D eigenvalue weighted by molar-refractivity contribution is 0.0247. The summed E-state index contributed by atoms with van der Waals surface area (Å²) in [6, 6.07) is 4.22. The summed E-state index contributed by atoms with van der Waals surface area (Å²) in [5.41, 5.74) is 3.56. The average Bonchev–Trinajstić information content (AvgIpc) is 3.49. The highest BCUT2D eigenvalue weighted by Crippen LogP contribution is 2.41. The van der Waals surface area contributed by atoms with Crippen LogP contribution >= 0.6 is 23.2 Å². The lowest BCUT2D eigenvalue weighted by atomic mass is 9.83. The molecule has 3 aromatic heterocycles. The molecule has 0 radical (unpaired) electrons. The molecular formula is C28H36Cl2N6O. The van der Waals surface area contributed by atoms with Crippen molar-refractivity contribution in [2.45, 2.75) is 70.6 Å². The SMILES string of the molecule is CC1CCC(Cn2c(N3CCO[C@@H]4CCC[C@H]43)nc3cc(Cl)nc(-c4cc(Cl)cnc4N(C)C)c32)CC1. The Morgan fingerprint density at radius 1 is 1.05 bits per heavy atom. The minimum Gasteiger partial charge on any atom is -0.374 e. The number of fused-ring (bicyclic) bond motifs is 2. The van der Waals surface area contributed by atoms with Crippen LogP contribution in [0.3, 0.4) is 0 Å². The van der Waals surface area contributed by atoms with E-state index in [1.807, 2.05) is 31.1 Å². The summed E-state index contributed by atoms with van der Waals surface area (Å²) in [6.07, 6.45) is 10.5. The Bertz CT molecular complexity index is 1290. The minimum atomic E-state index is 0.288. The van der Waals surface area contributed by atoms with Gasteiger partial charge in [0.05, 0.1) is 34.8 Å². The zero-order valence-corrected chi connectivity index (χ0v) is 23.5. The summed E-state index contributed by atoms with van der Waals surface area (Å²) in [7, 11) is 3.97. The van der Waals surface area contributed by atoms with E-state index in [-0.39, 0.29) is 6.10 Å². The predicted octanol–water partition coefficient (Wildman–Crippen LogP) is 6.45. The highest BCUT2D eigenvalue weighted by atomic mass is 35.5. The van der Waals surface area contributed by atoms with E-state index in [9.17, 15) is 0 Å². The Kier molecular flexibility index (Phi) is 6.97. The maximum Gasteiger partial charge on any atom is 0.207 e. The second-order valence-electron chi connectivity index (χ2n) is 11.3. The molecule has 0 bridgehead atoms. The molecule has 0 N–H and O–H groups in total. The van der Waals surface area contributed by atoms with Crippen LogP contribution in [0.5, 0.6) is 0 Å². The molecule has 198 valence electrons. The second-order valence-corrected chi connectivity index (χ2v) is 12.2.